The summed E-state index contributed by atoms with van der Waals surface area (Å²) in [6.45, 7) is 8.34. The van der Waals surface area contributed by atoms with Crippen molar-refractivity contribution in [1.82, 2.24) is 9.78 Å². The van der Waals surface area contributed by atoms with E-state index in [0.717, 1.165) is 0 Å². The van der Waals surface area contributed by atoms with E-state index in [1.54, 1.807) is 6.20 Å². The van der Waals surface area contributed by atoms with Gasteiger partial charge in [-0.2, -0.15) is 5.10 Å². The van der Waals surface area contributed by atoms with Crippen molar-refractivity contribution in [2.45, 2.75) is 33.7 Å². The maximum atomic E-state index is 12.0. The largest absolute Gasteiger partial charge is 0.396 e. The summed E-state index contributed by atoms with van der Waals surface area (Å²) >= 11 is 3.29. The van der Waals surface area contributed by atoms with E-state index in [1.165, 1.54) is 4.68 Å². The Hall–Kier alpha value is -0.880. The van der Waals surface area contributed by atoms with Crippen molar-refractivity contribution >= 4 is 21.6 Å². The number of aliphatic hydroxyl groups is 1. The average Bonchev–Trinajstić information content (AvgIpc) is 2.30. The number of aromatic nitrogens is 2. The Morgan fingerprint density at radius 3 is 2.67 bits per heavy atom. The normalized spacial score (nSPS) is 11.9. The molecule has 0 aliphatic carbocycles. The molecule has 0 amide bonds. The van der Waals surface area contributed by atoms with Gasteiger partial charge < -0.3 is 10.4 Å². The van der Waals surface area contributed by atoms with Crippen molar-refractivity contribution in [1.29, 1.82) is 0 Å². The summed E-state index contributed by atoms with van der Waals surface area (Å²) in [7, 11) is 0. The van der Waals surface area contributed by atoms with E-state index in [-0.39, 0.29) is 23.6 Å². The summed E-state index contributed by atoms with van der Waals surface area (Å²) in [6, 6.07) is 0.0248. The Morgan fingerprint density at radius 1 is 1.56 bits per heavy atom. The molecular formula is C12H20BrN3O2. The molecule has 2 N–H and O–H groups in total. The van der Waals surface area contributed by atoms with Crippen LogP contribution in [0.4, 0.5) is 5.69 Å². The standard InChI is InChI=1S/C12H20BrN3O2/c1-8(2)16-11(18)10(13)9(5-15-16)14-6-12(3,4)7-17/h5,8,14,17H,6-7H2,1-4H3. The molecule has 1 heterocycles. The van der Waals surface area contributed by atoms with Crippen LogP contribution in [-0.4, -0.2) is 28.0 Å². The lowest BCUT2D eigenvalue weighted by Crippen LogP contribution is -2.29. The smallest absolute Gasteiger partial charge is 0.283 e. The van der Waals surface area contributed by atoms with Gasteiger partial charge in [-0.3, -0.25) is 4.79 Å². The molecular weight excluding hydrogens is 298 g/mol. The third-order valence-electron chi connectivity index (χ3n) is 2.62. The molecule has 0 fully saturated rings. The minimum absolute atomic E-state index is 0.0248. The molecule has 0 aliphatic heterocycles. The van der Waals surface area contributed by atoms with E-state index in [4.69, 9.17) is 0 Å². The van der Waals surface area contributed by atoms with Gasteiger partial charge in [-0.15, -0.1) is 0 Å². The molecule has 102 valence electrons. The molecule has 0 unspecified atom stereocenters. The van der Waals surface area contributed by atoms with Gasteiger partial charge in [0.2, 0.25) is 0 Å². The highest BCUT2D eigenvalue weighted by Gasteiger charge is 2.18. The zero-order valence-electron chi connectivity index (χ0n) is 11.2. The predicted molar refractivity (Wildman–Crippen MR) is 75.9 cm³/mol. The Kier molecular flexibility index (Phi) is 4.92. The molecule has 6 heteroatoms. The zero-order chi connectivity index (χ0) is 13.9. The summed E-state index contributed by atoms with van der Waals surface area (Å²) in [5.41, 5.74) is 0.252. The van der Waals surface area contributed by atoms with Crippen LogP contribution >= 0.6 is 15.9 Å². The Balaban J connectivity index is 2.93. The highest BCUT2D eigenvalue weighted by Crippen LogP contribution is 2.20. The monoisotopic (exact) mass is 317 g/mol. The van der Waals surface area contributed by atoms with Gasteiger partial charge in [-0.1, -0.05) is 13.8 Å². The van der Waals surface area contributed by atoms with Crippen LogP contribution < -0.4 is 10.9 Å². The second-order valence-electron chi connectivity index (χ2n) is 5.39. The van der Waals surface area contributed by atoms with Gasteiger partial charge in [-0.05, 0) is 29.8 Å². The molecule has 5 nitrogen and oxygen atoms in total. The third kappa shape index (κ3) is 3.55. The molecule has 0 spiro atoms. The van der Waals surface area contributed by atoms with Crippen LogP contribution in [0.3, 0.4) is 0 Å². The number of nitrogens with one attached hydrogen (secondary N) is 1. The van der Waals surface area contributed by atoms with Crippen molar-refractivity contribution in [2.75, 3.05) is 18.5 Å². The highest BCUT2D eigenvalue weighted by molar-refractivity contribution is 9.10. The van der Waals surface area contributed by atoms with Crippen LogP contribution in [0.5, 0.6) is 0 Å². The van der Waals surface area contributed by atoms with Gasteiger partial charge in [0.15, 0.2) is 0 Å². The molecule has 1 aromatic heterocycles. The second kappa shape index (κ2) is 5.84. The average molecular weight is 318 g/mol. The van der Waals surface area contributed by atoms with Crippen LogP contribution in [0.15, 0.2) is 15.5 Å². The van der Waals surface area contributed by atoms with Gasteiger partial charge in [-0.25, -0.2) is 4.68 Å². The van der Waals surface area contributed by atoms with Gasteiger partial charge in [0, 0.05) is 18.6 Å². The fourth-order valence-electron chi connectivity index (χ4n) is 1.33. The van der Waals surface area contributed by atoms with Crippen molar-refractivity contribution in [2.24, 2.45) is 5.41 Å². The number of rotatable bonds is 5. The van der Waals surface area contributed by atoms with Crippen molar-refractivity contribution in [3.8, 4) is 0 Å². The number of hydrogen-bond donors (Lipinski definition) is 2. The lowest BCUT2D eigenvalue weighted by atomic mass is 9.95. The fraction of sp³-hybridized carbons (Fsp3) is 0.667. The van der Waals surface area contributed by atoms with Gasteiger partial charge in [0.05, 0.1) is 17.9 Å². The van der Waals surface area contributed by atoms with E-state index in [1.807, 2.05) is 27.7 Å². The topological polar surface area (TPSA) is 67.2 Å². The summed E-state index contributed by atoms with van der Waals surface area (Å²) in [6.07, 6.45) is 1.62. The van der Waals surface area contributed by atoms with E-state index < -0.39 is 0 Å². The van der Waals surface area contributed by atoms with Gasteiger partial charge in [0.1, 0.15) is 4.47 Å². The summed E-state index contributed by atoms with van der Waals surface area (Å²) in [5.74, 6) is 0. The molecule has 0 radical (unpaired) electrons. The molecule has 1 aromatic rings. The third-order valence-corrected chi connectivity index (χ3v) is 3.38. The first-order valence-electron chi connectivity index (χ1n) is 5.90. The Bertz CT molecular complexity index is 469. The maximum absolute atomic E-state index is 12.0. The summed E-state index contributed by atoms with van der Waals surface area (Å²) in [5, 5.41) is 16.4. The summed E-state index contributed by atoms with van der Waals surface area (Å²) < 4.78 is 1.90. The van der Waals surface area contributed by atoms with Crippen LogP contribution in [0.2, 0.25) is 0 Å². The van der Waals surface area contributed by atoms with E-state index in [9.17, 15) is 9.90 Å². The van der Waals surface area contributed by atoms with E-state index in [0.29, 0.717) is 16.7 Å². The van der Waals surface area contributed by atoms with E-state index >= 15 is 0 Å². The van der Waals surface area contributed by atoms with Crippen molar-refractivity contribution in [3.05, 3.63) is 21.0 Å². The minimum Gasteiger partial charge on any atom is -0.396 e. The molecule has 1 rings (SSSR count). The van der Waals surface area contributed by atoms with Crippen LogP contribution in [0.1, 0.15) is 33.7 Å². The fourth-order valence-corrected chi connectivity index (χ4v) is 1.75. The first-order chi connectivity index (χ1) is 8.28. The van der Waals surface area contributed by atoms with Crippen LogP contribution in [0, 0.1) is 5.41 Å². The molecule has 0 saturated carbocycles. The second-order valence-corrected chi connectivity index (χ2v) is 6.18. The number of halogens is 1. The first-order valence-corrected chi connectivity index (χ1v) is 6.70. The summed E-state index contributed by atoms with van der Waals surface area (Å²) in [4.78, 5) is 12.0. The molecule has 0 atom stereocenters. The number of hydrogen-bond acceptors (Lipinski definition) is 4. The van der Waals surface area contributed by atoms with Crippen molar-refractivity contribution < 1.29 is 5.11 Å². The Labute approximate surface area is 115 Å². The molecule has 18 heavy (non-hydrogen) atoms. The molecule has 0 aliphatic rings. The Morgan fingerprint density at radius 2 is 2.17 bits per heavy atom. The first kappa shape index (κ1) is 15.2. The van der Waals surface area contributed by atoms with Gasteiger partial charge in [0.25, 0.3) is 5.56 Å². The van der Waals surface area contributed by atoms with Crippen molar-refractivity contribution in [3.63, 3.8) is 0 Å². The lowest BCUT2D eigenvalue weighted by molar-refractivity contribution is 0.171. The zero-order valence-corrected chi connectivity index (χ0v) is 12.8. The van der Waals surface area contributed by atoms with Crippen LogP contribution in [0.25, 0.3) is 0 Å². The number of anilines is 1. The number of aliphatic hydroxyl groups excluding tert-OH is 1. The SMILES string of the molecule is CC(C)n1ncc(NCC(C)(C)CO)c(Br)c1=O. The lowest BCUT2D eigenvalue weighted by Gasteiger charge is -2.23. The van der Waals surface area contributed by atoms with Gasteiger partial charge >= 0.3 is 0 Å². The quantitative estimate of drug-likeness (QED) is 0.872. The maximum Gasteiger partial charge on any atom is 0.283 e. The predicted octanol–water partition coefficient (Wildman–Crippen LogP) is 2.02. The van der Waals surface area contributed by atoms with E-state index in [2.05, 4.69) is 26.3 Å². The molecule has 0 saturated heterocycles. The molecule has 0 bridgehead atoms. The minimum atomic E-state index is -0.244. The number of nitrogens with zero attached hydrogens (tertiary/aromatic N) is 2. The van der Waals surface area contributed by atoms with Crippen LogP contribution in [-0.2, 0) is 0 Å². The highest BCUT2D eigenvalue weighted by atomic mass is 79.9. The molecule has 0 aromatic carbocycles.